The lowest BCUT2D eigenvalue weighted by Gasteiger charge is -2.36. The van der Waals surface area contributed by atoms with Crippen LogP contribution in [-0.2, 0) is 4.79 Å². The van der Waals surface area contributed by atoms with E-state index in [0.717, 1.165) is 15.3 Å². The number of nitrogens with zero attached hydrogens (tertiary/aromatic N) is 6. The maximum atomic E-state index is 12.5. The summed E-state index contributed by atoms with van der Waals surface area (Å²) in [5.74, 6) is 1.17. The molecular weight excluding hydrogens is 446 g/mol. The summed E-state index contributed by atoms with van der Waals surface area (Å²) in [6, 6.07) is 5.51. The molecule has 1 fully saturated rings. The molecule has 1 aliphatic rings. The SMILES string of the molecule is Cc1cc(N2CCN(C(=O)CNC(=O)c3ccc(Br)s3)CC2)n2ncnc2n1. The van der Waals surface area contributed by atoms with Crippen LogP contribution in [0.4, 0.5) is 5.82 Å². The average Bonchev–Trinajstić information content (AvgIpc) is 3.34. The van der Waals surface area contributed by atoms with E-state index in [1.807, 2.05) is 19.1 Å². The summed E-state index contributed by atoms with van der Waals surface area (Å²) in [4.78, 5) is 37.6. The van der Waals surface area contributed by atoms with Gasteiger partial charge in [0, 0.05) is 37.9 Å². The molecule has 3 aromatic rings. The molecule has 2 amide bonds. The Morgan fingerprint density at radius 1 is 1.25 bits per heavy atom. The van der Waals surface area contributed by atoms with Crippen molar-refractivity contribution in [1.82, 2.24) is 29.8 Å². The number of amides is 2. The van der Waals surface area contributed by atoms with Crippen molar-refractivity contribution in [3.63, 3.8) is 0 Å². The number of aromatic nitrogens is 4. The second-order valence-corrected chi connectivity index (χ2v) is 8.84. The molecule has 1 N–H and O–H groups in total. The van der Waals surface area contributed by atoms with Crippen LogP contribution in [0.15, 0.2) is 28.3 Å². The minimum atomic E-state index is -0.233. The quantitative estimate of drug-likeness (QED) is 0.626. The van der Waals surface area contributed by atoms with E-state index in [9.17, 15) is 9.59 Å². The van der Waals surface area contributed by atoms with Gasteiger partial charge in [0.05, 0.1) is 15.2 Å². The summed E-state index contributed by atoms with van der Waals surface area (Å²) in [6.45, 7) is 4.43. The fourth-order valence-corrected chi connectivity index (χ4v) is 4.42. The van der Waals surface area contributed by atoms with Gasteiger partial charge in [0.1, 0.15) is 12.1 Å². The first-order chi connectivity index (χ1) is 13.5. The molecule has 0 bridgehead atoms. The average molecular weight is 464 g/mol. The van der Waals surface area contributed by atoms with Gasteiger partial charge in [0.2, 0.25) is 5.91 Å². The fraction of sp³-hybridized carbons (Fsp3) is 0.353. The minimum Gasteiger partial charge on any atom is -0.353 e. The van der Waals surface area contributed by atoms with Crippen LogP contribution in [-0.4, -0.2) is 69.0 Å². The van der Waals surface area contributed by atoms with E-state index in [0.29, 0.717) is 36.8 Å². The van der Waals surface area contributed by atoms with Gasteiger partial charge < -0.3 is 15.1 Å². The highest BCUT2D eigenvalue weighted by Gasteiger charge is 2.23. The van der Waals surface area contributed by atoms with E-state index in [-0.39, 0.29) is 18.4 Å². The number of rotatable bonds is 4. The third-order valence-electron chi connectivity index (χ3n) is 4.51. The Bertz CT molecular complexity index is 1030. The Morgan fingerprint density at radius 3 is 2.75 bits per heavy atom. The predicted octanol–water partition coefficient (Wildman–Crippen LogP) is 1.34. The zero-order chi connectivity index (χ0) is 19.7. The van der Waals surface area contributed by atoms with Gasteiger partial charge in [-0.25, -0.2) is 4.98 Å². The van der Waals surface area contributed by atoms with Gasteiger partial charge in [-0.3, -0.25) is 9.59 Å². The minimum absolute atomic E-state index is 0.00393. The number of hydrogen-bond donors (Lipinski definition) is 1. The van der Waals surface area contributed by atoms with Crippen LogP contribution in [0.1, 0.15) is 15.4 Å². The zero-order valence-electron chi connectivity index (χ0n) is 15.1. The maximum Gasteiger partial charge on any atom is 0.261 e. The predicted molar refractivity (Wildman–Crippen MR) is 109 cm³/mol. The normalized spacial score (nSPS) is 14.5. The van der Waals surface area contributed by atoms with Gasteiger partial charge in [0.15, 0.2) is 0 Å². The second-order valence-electron chi connectivity index (χ2n) is 6.38. The van der Waals surface area contributed by atoms with Gasteiger partial charge in [-0.1, -0.05) is 0 Å². The molecule has 4 rings (SSSR count). The molecule has 1 aliphatic heterocycles. The lowest BCUT2D eigenvalue weighted by Crippen LogP contribution is -2.51. The van der Waals surface area contributed by atoms with Crippen LogP contribution in [0.5, 0.6) is 0 Å². The highest BCUT2D eigenvalue weighted by atomic mass is 79.9. The van der Waals surface area contributed by atoms with Crippen molar-refractivity contribution in [2.75, 3.05) is 37.6 Å². The van der Waals surface area contributed by atoms with E-state index < -0.39 is 0 Å². The van der Waals surface area contributed by atoms with Gasteiger partial charge in [-0.2, -0.15) is 14.6 Å². The summed E-state index contributed by atoms with van der Waals surface area (Å²) in [5.41, 5.74) is 0.872. The Morgan fingerprint density at radius 2 is 2.04 bits per heavy atom. The summed E-state index contributed by atoms with van der Waals surface area (Å²) in [7, 11) is 0. The van der Waals surface area contributed by atoms with E-state index >= 15 is 0 Å². The van der Waals surface area contributed by atoms with Crippen LogP contribution < -0.4 is 10.2 Å². The Labute approximate surface area is 173 Å². The third-order valence-corrected chi connectivity index (χ3v) is 6.14. The number of fused-ring (bicyclic) bond motifs is 1. The first-order valence-electron chi connectivity index (χ1n) is 8.75. The number of nitrogens with one attached hydrogen (secondary N) is 1. The van der Waals surface area contributed by atoms with E-state index in [1.54, 1.807) is 15.5 Å². The monoisotopic (exact) mass is 463 g/mol. The molecule has 0 atom stereocenters. The zero-order valence-corrected chi connectivity index (χ0v) is 17.5. The lowest BCUT2D eigenvalue weighted by molar-refractivity contribution is -0.130. The Hall–Kier alpha value is -2.53. The smallest absolute Gasteiger partial charge is 0.261 e. The number of halogens is 1. The molecule has 0 unspecified atom stereocenters. The van der Waals surface area contributed by atoms with Crippen molar-refractivity contribution in [1.29, 1.82) is 0 Å². The third kappa shape index (κ3) is 3.85. The van der Waals surface area contributed by atoms with Crippen molar-refractivity contribution < 1.29 is 9.59 Å². The van der Waals surface area contributed by atoms with Crippen molar-refractivity contribution in [3.05, 3.63) is 38.9 Å². The van der Waals surface area contributed by atoms with Crippen LogP contribution in [0, 0.1) is 6.92 Å². The topological polar surface area (TPSA) is 95.7 Å². The molecule has 146 valence electrons. The van der Waals surface area contributed by atoms with E-state index in [1.165, 1.54) is 17.7 Å². The molecule has 9 nitrogen and oxygen atoms in total. The van der Waals surface area contributed by atoms with Gasteiger partial charge >= 0.3 is 0 Å². The van der Waals surface area contributed by atoms with E-state index in [2.05, 4.69) is 41.2 Å². The molecule has 0 radical (unpaired) electrons. The molecule has 11 heteroatoms. The molecule has 1 saturated heterocycles. The summed E-state index contributed by atoms with van der Waals surface area (Å²) in [5, 5.41) is 6.94. The number of carbonyl (C=O) groups is 2. The lowest BCUT2D eigenvalue weighted by atomic mass is 10.3. The molecule has 0 aliphatic carbocycles. The molecular formula is C17H18BrN7O2S. The van der Waals surface area contributed by atoms with Gasteiger partial charge in [-0.05, 0) is 35.0 Å². The van der Waals surface area contributed by atoms with E-state index in [4.69, 9.17) is 0 Å². The Kier molecular flexibility index (Phi) is 5.27. The number of anilines is 1. The van der Waals surface area contributed by atoms with Crippen molar-refractivity contribution in [2.24, 2.45) is 0 Å². The second kappa shape index (κ2) is 7.84. The fourth-order valence-electron chi connectivity index (χ4n) is 3.11. The first-order valence-corrected chi connectivity index (χ1v) is 10.4. The largest absolute Gasteiger partial charge is 0.353 e. The number of hydrogen-bond acceptors (Lipinski definition) is 7. The van der Waals surface area contributed by atoms with Crippen LogP contribution in [0.2, 0.25) is 0 Å². The molecule has 0 aromatic carbocycles. The summed E-state index contributed by atoms with van der Waals surface area (Å²) >= 11 is 4.67. The number of piperazine rings is 1. The van der Waals surface area contributed by atoms with Gasteiger partial charge in [-0.15, -0.1) is 11.3 Å². The maximum absolute atomic E-state index is 12.5. The highest BCUT2D eigenvalue weighted by molar-refractivity contribution is 9.11. The molecule has 0 saturated carbocycles. The van der Waals surface area contributed by atoms with Gasteiger partial charge in [0.25, 0.3) is 11.7 Å². The summed E-state index contributed by atoms with van der Waals surface area (Å²) in [6.07, 6.45) is 1.49. The highest BCUT2D eigenvalue weighted by Crippen LogP contribution is 2.22. The molecule has 28 heavy (non-hydrogen) atoms. The standard InChI is InChI=1S/C17H18BrN7O2S/c1-11-8-14(25-17(22-11)20-10-21-25)23-4-6-24(7-5-23)15(26)9-19-16(27)12-2-3-13(18)28-12/h2-3,8,10H,4-7,9H2,1H3,(H,19,27). The van der Waals surface area contributed by atoms with Crippen LogP contribution in [0.3, 0.4) is 0 Å². The molecule has 3 aromatic heterocycles. The Balaban J connectivity index is 1.34. The molecule has 0 spiro atoms. The summed E-state index contributed by atoms with van der Waals surface area (Å²) < 4.78 is 2.59. The number of aryl methyl sites for hydroxylation is 1. The number of carbonyl (C=O) groups excluding carboxylic acids is 2. The number of thiophene rings is 1. The van der Waals surface area contributed by atoms with Crippen LogP contribution in [0.25, 0.3) is 5.78 Å². The molecule has 4 heterocycles. The van der Waals surface area contributed by atoms with Crippen molar-refractivity contribution in [3.8, 4) is 0 Å². The van der Waals surface area contributed by atoms with Crippen molar-refractivity contribution >= 4 is 50.7 Å². The van der Waals surface area contributed by atoms with Crippen molar-refractivity contribution in [2.45, 2.75) is 6.92 Å². The van der Waals surface area contributed by atoms with Crippen LogP contribution >= 0.6 is 27.3 Å². The first kappa shape index (κ1) is 18.8.